The van der Waals surface area contributed by atoms with Crippen LogP contribution in [-0.4, -0.2) is 5.91 Å². The lowest BCUT2D eigenvalue weighted by atomic mass is 9.97. The van der Waals surface area contributed by atoms with Gasteiger partial charge in [-0.05, 0) is 18.9 Å². The van der Waals surface area contributed by atoms with Crippen molar-refractivity contribution >= 4 is 17.3 Å². The number of rotatable bonds is 6. The number of benzene rings is 1. The number of hydrogen-bond acceptors (Lipinski definition) is 2. The van der Waals surface area contributed by atoms with Gasteiger partial charge in [-0.25, -0.2) is 8.78 Å². The molecule has 0 unspecified atom stereocenters. The molecule has 0 heterocycles. The Hall–Kier alpha value is -1.65. The Bertz CT molecular complexity index is 443. The molecule has 5 heteroatoms. The Morgan fingerprint density at radius 3 is 2.32 bits per heavy atom. The van der Waals surface area contributed by atoms with Crippen LogP contribution >= 0.6 is 0 Å². The van der Waals surface area contributed by atoms with Crippen molar-refractivity contribution in [2.45, 2.75) is 39.5 Å². The van der Waals surface area contributed by atoms with Crippen molar-refractivity contribution in [1.82, 2.24) is 0 Å². The van der Waals surface area contributed by atoms with Crippen molar-refractivity contribution in [1.29, 1.82) is 0 Å². The highest BCUT2D eigenvalue weighted by atomic mass is 19.1. The van der Waals surface area contributed by atoms with Gasteiger partial charge in [0.25, 0.3) is 0 Å². The van der Waals surface area contributed by atoms with Crippen molar-refractivity contribution in [3.05, 3.63) is 23.8 Å². The fraction of sp³-hybridized carbons (Fsp3) is 0.500. The number of nitrogens with two attached hydrogens (primary N) is 1. The Kier molecular flexibility index (Phi) is 5.73. The van der Waals surface area contributed by atoms with Gasteiger partial charge >= 0.3 is 0 Å². The third-order valence-corrected chi connectivity index (χ3v) is 2.99. The maximum atomic E-state index is 13.5. The van der Waals surface area contributed by atoms with Crippen LogP contribution in [0.4, 0.5) is 20.2 Å². The van der Waals surface area contributed by atoms with Gasteiger partial charge in [-0.1, -0.05) is 26.7 Å². The van der Waals surface area contributed by atoms with Crippen LogP contribution < -0.4 is 11.1 Å². The monoisotopic (exact) mass is 270 g/mol. The summed E-state index contributed by atoms with van der Waals surface area (Å²) in [4.78, 5) is 12.0. The zero-order valence-corrected chi connectivity index (χ0v) is 11.3. The first kappa shape index (κ1) is 15.4. The maximum Gasteiger partial charge on any atom is 0.227 e. The van der Waals surface area contributed by atoms with E-state index in [0.29, 0.717) is 6.07 Å². The first-order valence-electron chi connectivity index (χ1n) is 6.54. The molecule has 0 aliphatic rings. The zero-order valence-electron chi connectivity index (χ0n) is 11.3. The quantitative estimate of drug-likeness (QED) is 0.774. The molecule has 0 fully saturated rings. The number of carbonyl (C=O) groups is 1. The summed E-state index contributed by atoms with van der Waals surface area (Å²) < 4.78 is 26.5. The molecule has 3 N–H and O–H groups in total. The molecule has 0 aliphatic carbocycles. The van der Waals surface area contributed by atoms with E-state index >= 15 is 0 Å². The van der Waals surface area contributed by atoms with Gasteiger partial charge in [0.15, 0.2) is 0 Å². The molecule has 1 aromatic carbocycles. The third-order valence-electron chi connectivity index (χ3n) is 2.99. The molecule has 0 aliphatic heterocycles. The highest BCUT2D eigenvalue weighted by Crippen LogP contribution is 2.23. The van der Waals surface area contributed by atoms with Crippen molar-refractivity contribution in [2.75, 3.05) is 11.1 Å². The number of hydrogen-bond donors (Lipinski definition) is 2. The molecule has 1 amide bonds. The normalized spacial score (nSPS) is 10.8. The molecule has 1 rings (SSSR count). The number of nitrogens with one attached hydrogen (secondary N) is 1. The van der Waals surface area contributed by atoms with Crippen molar-refractivity contribution in [3.8, 4) is 0 Å². The first-order valence-corrected chi connectivity index (χ1v) is 6.54. The predicted molar refractivity (Wildman–Crippen MR) is 72.7 cm³/mol. The summed E-state index contributed by atoms with van der Waals surface area (Å²) in [6.07, 6.45) is 3.26. The maximum absolute atomic E-state index is 13.5. The lowest BCUT2D eigenvalue weighted by Gasteiger charge is -2.16. The van der Waals surface area contributed by atoms with Crippen LogP contribution in [0.2, 0.25) is 0 Å². The summed E-state index contributed by atoms with van der Waals surface area (Å²) in [5.41, 5.74) is 5.12. The molecule has 0 radical (unpaired) electrons. The van der Waals surface area contributed by atoms with E-state index in [-0.39, 0.29) is 23.2 Å². The van der Waals surface area contributed by atoms with E-state index in [2.05, 4.69) is 5.32 Å². The first-order chi connectivity index (χ1) is 8.99. The van der Waals surface area contributed by atoms with E-state index in [1.807, 2.05) is 13.8 Å². The molecule has 0 saturated carbocycles. The minimum absolute atomic E-state index is 0.0684. The molecule has 106 valence electrons. The van der Waals surface area contributed by atoms with Crippen molar-refractivity contribution in [3.63, 3.8) is 0 Å². The van der Waals surface area contributed by atoms with Crippen molar-refractivity contribution in [2.24, 2.45) is 5.92 Å². The van der Waals surface area contributed by atoms with E-state index in [4.69, 9.17) is 5.73 Å². The highest BCUT2D eigenvalue weighted by Gasteiger charge is 2.18. The molecule has 1 aromatic rings. The molecular formula is C14H20F2N2O. The van der Waals surface area contributed by atoms with Gasteiger partial charge < -0.3 is 11.1 Å². The largest absolute Gasteiger partial charge is 0.396 e. The number of anilines is 2. The van der Waals surface area contributed by atoms with Gasteiger partial charge in [0.1, 0.15) is 11.6 Å². The van der Waals surface area contributed by atoms with Crippen LogP contribution in [0.15, 0.2) is 12.1 Å². The smallest absolute Gasteiger partial charge is 0.227 e. The lowest BCUT2D eigenvalue weighted by molar-refractivity contribution is -0.120. The predicted octanol–water partition coefficient (Wildman–Crippen LogP) is 3.70. The van der Waals surface area contributed by atoms with Crippen LogP contribution in [0.5, 0.6) is 0 Å². The minimum atomic E-state index is -0.825. The summed E-state index contributed by atoms with van der Waals surface area (Å²) in [6, 6.07) is 1.79. The Morgan fingerprint density at radius 2 is 1.79 bits per heavy atom. The summed E-state index contributed by atoms with van der Waals surface area (Å²) in [7, 11) is 0. The van der Waals surface area contributed by atoms with Gasteiger partial charge in [-0.3, -0.25) is 4.79 Å². The Balaban J connectivity index is 2.83. The second-order valence-electron chi connectivity index (χ2n) is 4.62. The molecular weight excluding hydrogens is 250 g/mol. The van der Waals surface area contributed by atoms with E-state index in [9.17, 15) is 13.6 Å². The molecule has 0 saturated heterocycles. The second-order valence-corrected chi connectivity index (χ2v) is 4.62. The van der Waals surface area contributed by atoms with Gasteiger partial charge in [-0.2, -0.15) is 0 Å². The summed E-state index contributed by atoms with van der Waals surface area (Å²) in [6.45, 7) is 3.98. The molecule has 0 spiro atoms. The van der Waals surface area contributed by atoms with Crippen LogP contribution in [-0.2, 0) is 4.79 Å². The highest BCUT2D eigenvalue weighted by molar-refractivity contribution is 5.93. The van der Waals surface area contributed by atoms with Crippen LogP contribution in [0.3, 0.4) is 0 Å². The summed E-state index contributed by atoms with van der Waals surface area (Å²) in [5.74, 6) is -2.03. The average molecular weight is 270 g/mol. The van der Waals surface area contributed by atoms with E-state index in [1.165, 1.54) is 0 Å². The SMILES string of the molecule is CCCC(CCC)C(=O)Nc1cc(N)c(F)cc1F. The molecule has 19 heavy (non-hydrogen) atoms. The standard InChI is InChI=1S/C14H20F2N2O/c1-3-5-9(6-4-2)14(19)18-13-8-12(17)10(15)7-11(13)16/h7-9H,3-6,17H2,1-2H3,(H,18,19). The second kappa shape index (κ2) is 7.07. The lowest BCUT2D eigenvalue weighted by Crippen LogP contribution is -2.23. The van der Waals surface area contributed by atoms with Gasteiger partial charge in [0.2, 0.25) is 5.91 Å². The topological polar surface area (TPSA) is 55.1 Å². The molecule has 3 nitrogen and oxygen atoms in total. The number of amides is 1. The van der Waals surface area contributed by atoms with E-state index in [0.717, 1.165) is 31.7 Å². The van der Waals surface area contributed by atoms with Crippen LogP contribution in [0, 0.1) is 17.6 Å². The Labute approximate surface area is 112 Å². The molecule has 0 atom stereocenters. The van der Waals surface area contributed by atoms with Gasteiger partial charge in [-0.15, -0.1) is 0 Å². The van der Waals surface area contributed by atoms with Gasteiger partial charge in [0, 0.05) is 12.0 Å². The van der Waals surface area contributed by atoms with E-state index in [1.54, 1.807) is 0 Å². The fourth-order valence-corrected chi connectivity index (χ4v) is 2.00. The van der Waals surface area contributed by atoms with Crippen LogP contribution in [0.25, 0.3) is 0 Å². The molecule has 0 aromatic heterocycles. The minimum Gasteiger partial charge on any atom is -0.396 e. The number of nitrogen functional groups attached to an aromatic ring is 1. The Morgan fingerprint density at radius 1 is 1.21 bits per heavy atom. The third kappa shape index (κ3) is 4.19. The average Bonchev–Trinajstić information content (AvgIpc) is 2.35. The summed E-state index contributed by atoms with van der Waals surface area (Å²) >= 11 is 0. The van der Waals surface area contributed by atoms with Crippen molar-refractivity contribution < 1.29 is 13.6 Å². The zero-order chi connectivity index (χ0) is 14.4. The van der Waals surface area contributed by atoms with E-state index < -0.39 is 11.6 Å². The number of halogens is 2. The summed E-state index contributed by atoms with van der Waals surface area (Å²) in [5, 5.41) is 2.49. The van der Waals surface area contributed by atoms with Gasteiger partial charge in [0.05, 0.1) is 11.4 Å². The fourth-order valence-electron chi connectivity index (χ4n) is 2.00. The number of carbonyl (C=O) groups excluding carboxylic acids is 1. The van der Waals surface area contributed by atoms with Crippen LogP contribution in [0.1, 0.15) is 39.5 Å². The molecule has 0 bridgehead atoms.